The number of nitrogens with one attached hydrogen (secondary N) is 1. The summed E-state index contributed by atoms with van der Waals surface area (Å²) >= 11 is 0. The summed E-state index contributed by atoms with van der Waals surface area (Å²) in [6.45, 7) is 2.26. The van der Waals surface area contributed by atoms with Gasteiger partial charge in [-0.1, -0.05) is 30.3 Å². The molecule has 9 nitrogen and oxygen atoms in total. The summed E-state index contributed by atoms with van der Waals surface area (Å²) in [6.07, 6.45) is 2.17. The van der Waals surface area contributed by atoms with Crippen LogP contribution < -0.4 is 15.7 Å². The molecule has 0 aliphatic rings. The Kier molecular flexibility index (Phi) is 4.63. The highest BCUT2D eigenvalue weighted by Crippen LogP contribution is 2.17. The zero-order chi connectivity index (χ0) is 19.5. The molecule has 0 fully saturated rings. The van der Waals surface area contributed by atoms with Gasteiger partial charge in [-0.3, -0.25) is 4.79 Å². The highest BCUT2D eigenvalue weighted by molar-refractivity contribution is 5.81. The van der Waals surface area contributed by atoms with Crippen molar-refractivity contribution >= 4 is 22.6 Å². The molecule has 28 heavy (non-hydrogen) atoms. The van der Waals surface area contributed by atoms with Gasteiger partial charge in [0.2, 0.25) is 5.88 Å². The Morgan fingerprint density at radius 2 is 2.04 bits per heavy atom. The van der Waals surface area contributed by atoms with Crippen LogP contribution in [-0.2, 0) is 11.3 Å². The summed E-state index contributed by atoms with van der Waals surface area (Å²) in [5, 5.41) is 4.68. The van der Waals surface area contributed by atoms with Gasteiger partial charge in [-0.05, 0) is 18.6 Å². The van der Waals surface area contributed by atoms with Crippen LogP contribution in [0.2, 0.25) is 0 Å². The molecule has 1 aromatic carbocycles. The van der Waals surface area contributed by atoms with Crippen LogP contribution in [0.25, 0.3) is 16.6 Å². The third-order valence-corrected chi connectivity index (χ3v) is 4.05. The molecule has 4 aromatic rings. The van der Waals surface area contributed by atoms with Crippen molar-refractivity contribution in [1.29, 1.82) is 0 Å². The second kappa shape index (κ2) is 7.39. The number of pyridine rings is 1. The molecular formula is C19H17N5O4. The van der Waals surface area contributed by atoms with Gasteiger partial charge in [0.05, 0.1) is 17.5 Å². The highest BCUT2D eigenvalue weighted by atomic mass is 16.6. The van der Waals surface area contributed by atoms with Crippen LogP contribution in [0.5, 0.6) is 5.88 Å². The van der Waals surface area contributed by atoms with Crippen LogP contribution in [0.1, 0.15) is 12.5 Å². The minimum atomic E-state index is -0.714. The first-order chi connectivity index (χ1) is 13.7. The van der Waals surface area contributed by atoms with E-state index in [4.69, 9.17) is 9.47 Å². The lowest BCUT2D eigenvalue weighted by Crippen LogP contribution is -2.33. The number of rotatable bonds is 5. The molecule has 0 aliphatic carbocycles. The fourth-order valence-electron chi connectivity index (χ4n) is 2.75. The van der Waals surface area contributed by atoms with E-state index in [1.165, 1.54) is 16.9 Å². The van der Waals surface area contributed by atoms with Crippen LogP contribution in [0.3, 0.4) is 0 Å². The van der Waals surface area contributed by atoms with E-state index < -0.39 is 11.7 Å². The average Bonchev–Trinajstić information content (AvgIpc) is 3.13. The number of aromatic nitrogens is 4. The Morgan fingerprint density at radius 1 is 1.21 bits per heavy atom. The van der Waals surface area contributed by atoms with E-state index in [0.29, 0.717) is 29.0 Å². The standard InChI is InChI=1S/C19H17N5O4/c1-2-27-19(26)22-23-9-8-15-14(18(23)25)11-20-16-10-17(21-24(15)16)28-12-13-6-4-3-5-7-13/h3-11H,2,12H2,1H3,(H,22,26). The molecule has 0 aliphatic heterocycles. The molecule has 0 radical (unpaired) electrons. The maximum atomic E-state index is 12.6. The van der Waals surface area contributed by atoms with E-state index in [-0.39, 0.29) is 6.61 Å². The van der Waals surface area contributed by atoms with Gasteiger partial charge >= 0.3 is 6.09 Å². The van der Waals surface area contributed by atoms with Crippen molar-refractivity contribution in [2.45, 2.75) is 13.5 Å². The van der Waals surface area contributed by atoms with Crippen molar-refractivity contribution in [3.05, 3.63) is 70.8 Å². The number of benzene rings is 1. The van der Waals surface area contributed by atoms with Crippen LogP contribution in [0.4, 0.5) is 4.79 Å². The van der Waals surface area contributed by atoms with E-state index >= 15 is 0 Å². The third-order valence-electron chi connectivity index (χ3n) is 4.05. The fraction of sp³-hybridized carbons (Fsp3) is 0.158. The maximum absolute atomic E-state index is 12.6. The van der Waals surface area contributed by atoms with Gasteiger partial charge in [-0.25, -0.2) is 24.4 Å². The summed E-state index contributed by atoms with van der Waals surface area (Å²) in [4.78, 5) is 28.4. The van der Waals surface area contributed by atoms with Crippen molar-refractivity contribution in [3.8, 4) is 5.88 Å². The molecular weight excluding hydrogens is 362 g/mol. The SMILES string of the molecule is CCOC(=O)Nn1ccc2c(cnc3cc(OCc4ccccc4)nn32)c1=O. The minimum Gasteiger partial charge on any atom is -0.472 e. The molecule has 0 atom stereocenters. The molecule has 1 amide bonds. The number of nitrogens with zero attached hydrogens (tertiary/aromatic N) is 4. The molecule has 1 N–H and O–H groups in total. The van der Waals surface area contributed by atoms with E-state index in [2.05, 4.69) is 15.5 Å². The molecule has 0 bridgehead atoms. The molecule has 0 saturated carbocycles. The lowest BCUT2D eigenvalue weighted by Gasteiger charge is -2.09. The van der Waals surface area contributed by atoms with Gasteiger partial charge in [0.15, 0.2) is 5.65 Å². The van der Waals surface area contributed by atoms with Gasteiger partial charge in [0.25, 0.3) is 5.56 Å². The van der Waals surface area contributed by atoms with Gasteiger partial charge in [-0.2, -0.15) is 0 Å². The van der Waals surface area contributed by atoms with E-state index in [0.717, 1.165) is 10.2 Å². The summed E-state index contributed by atoms with van der Waals surface area (Å²) in [6, 6.07) is 13.1. The Balaban J connectivity index is 1.65. The first kappa shape index (κ1) is 17.5. The summed E-state index contributed by atoms with van der Waals surface area (Å²) in [5.41, 5.74) is 4.03. The molecule has 3 aromatic heterocycles. The topological polar surface area (TPSA) is 99.8 Å². The van der Waals surface area contributed by atoms with Crippen molar-refractivity contribution in [2.75, 3.05) is 12.0 Å². The van der Waals surface area contributed by atoms with Crippen molar-refractivity contribution in [3.63, 3.8) is 0 Å². The predicted octanol–water partition coefficient (Wildman–Crippen LogP) is 2.32. The quantitative estimate of drug-likeness (QED) is 0.571. The molecule has 3 heterocycles. The molecule has 0 unspecified atom stereocenters. The smallest absolute Gasteiger partial charge is 0.426 e. The molecule has 0 spiro atoms. The monoisotopic (exact) mass is 379 g/mol. The number of carbonyl (C=O) groups is 1. The number of amides is 1. The summed E-state index contributed by atoms with van der Waals surface area (Å²) in [5.74, 6) is 0.401. The first-order valence-corrected chi connectivity index (χ1v) is 8.66. The number of hydrogen-bond acceptors (Lipinski definition) is 6. The van der Waals surface area contributed by atoms with Crippen LogP contribution in [0.15, 0.2) is 59.7 Å². The van der Waals surface area contributed by atoms with Crippen LogP contribution >= 0.6 is 0 Å². The van der Waals surface area contributed by atoms with Gasteiger partial charge < -0.3 is 9.47 Å². The number of ether oxygens (including phenoxy) is 2. The normalized spacial score (nSPS) is 10.9. The van der Waals surface area contributed by atoms with Crippen molar-refractivity contribution in [2.24, 2.45) is 0 Å². The summed E-state index contributed by atoms with van der Waals surface area (Å²) in [7, 11) is 0. The van der Waals surface area contributed by atoms with E-state index in [1.807, 2.05) is 30.3 Å². The Hall–Kier alpha value is -3.88. The highest BCUT2D eigenvalue weighted by Gasteiger charge is 2.12. The van der Waals surface area contributed by atoms with Crippen molar-refractivity contribution < 1.29 is 14.3 Å². The van der Waals surface area contributed by atoms with Gasteiger partial charge in [0.1, 0.15) is 6.61 Å². The van der Waals surface area contributed by atoms with E-state index in [1.54, 1.807) is 19.1 Å². The Morgan fingerprint density at radius 3 is 2.82 bits per heavy atom. The first-order valence-electron chi connectivity index (χ1n) is 8.66. The largest absolute Gasteiger partial charge is 0.472 e. The minimum absolute atomic E-state index is 0.204. The molecule has 142 valence electrons. The van der Waals surface area contributed by atoms with Gasteiger partial charge in [-0.15, -0.1) is 5.10 Å². The molecule has 0 saturated heterocycles. The second-order valence-corrected chi connectivity index (χ2v) is 5.91. The van der Waals surface area contributed by atoms with Crippen LogP contribution in [0, 0.1) is 0 Å². The van der Waals surface area contributed by atoms with Crippen LogP contribution in [-0.4, -0.2) is 32.0 Å². The third kappa shape index (κ3) is 3.37. The zero-order valence-corrected chi connectivity index (χ0v) is 15.0. The second-order valence-electron chi connectivity index (χ2n) is 5.91. The Labute approximate surface area is 159 Å². The molecule has 4 rings (SSSR count). The molecule has 9 heteroatoms. The Bertz CT molecular complexity index is 1200. The lowest BCUT2D eigenvalue weighted by atomic mass is 10.2. The predicted molar refractivity (Wildman–Crippen MR) is 102 cm³/mol. The number of carbonyl (C=O) groups excluding carboxylic acids is 1. The lowest BCUT2D eigenvalue weighted by molar-refractivity contribution is 0.164. The summed E-state index contributed by atoms with van der Waals surface area (Å²) < 4.78 is 13.1. The number of hydrogen-bond donors (Lipinski definition) is 1. The van der Waals surface area contributed by atoms with Crippen molar-refractivity contribution in [1.82, 2.24) is 19.3 Å². The van der Waals surface area contributed by atoms with E-state index in [9.17, 15) is 9.59 Å². The fourth-order valence-corrected chi connectivity index (χ4v) is 2.75. The number of fused-ring (bicyclic) bond motifs is 3. The average molecular weight is 379 g/mol. The van der Waals surface area contributed by atoms with Gasteiger partial charge in [0, 0.05) is 18.5 Å². The maximum Gasteiger partial charge on any atom is 0.426 e. The zero-order valence-electron chi connectivity index (χ0n) is 15.0.